The molecule has 0 unspecified atom stereocenters. The normalized spacial score (nSPS) is 9.86. The van der Waals surface area contributed by atoms with Crippen LogP contribution in [0.25, 0.3) is 0 Å². The van der Waals surface area contributed by atoms with Gasteiger partial charge >= 0.3 is 0 Å². The average Bonchev–Trinajstić information content (AvgIpc) is 2.21. The predicted molar refractivity (Wildman–Crippen MR) is 59.4 cm³/mol. The smallest absolute Gasteiger partial charge is 0.178 e. The lowest BCUT2D eigenvalue weighted by Crippen LogP contribution is -2.14. The SMILES string of the molecule is CCC(CC)=[N+]([O-])Cc1ccccc1. The minimum Gasteiger partial charge on any atom is -0.624 e. The highest BCUT2D eigenvalue weighted by molar-refractivity contribution is 5.79. The van der Waals surface area contributed by atoms with Crippen molar-refractivity contribution in [2.75, 3.05) is 0 Å². The predicted octanol–water partition coefficient (Wildman–Crippen LogP) is 2.96. The van der Waals surface area contributed by atoms with E-state index in [2.05, 4.69) is 0 Å². The van der Waals surface area contributed by atoms with Gasteiger partial charge in [-0.1, -0.05) is 44.2 Å². The highest BCUT2D eigenvalue weighted by atomic mass is 16.5. The summed E-state index contributed by atoms with van der Waals surface area (Å²) in [7, 11) is 0. The molecule has 14 heavy (non-hydrogen) atoms. The first-order valence-electron chi connectivity index (χ1n) is 5.11. The van der Waals surface area contributed by atoms with E-state index in [4.69, 9.17) is 0 Å². The van der Waals surface area contributed by atoms with Crippen LogP contribution in [-0.4, -0.2) is 10.5 Å². The second-order valence-electron chi connectivity index (χ2n) is 3.30. The molecule has 0 bridgehead atoms. The van der Waals surface area contributed by atoms with Crippen molar-refractivity contribution in [3.8, 4) is 0 Å². The number of hydrogen-bond donors (Lipinski definition) is 0. The van der Waals surface area contributed by atoms with Crippen LogP contribution in [0, 0.1) is 5.21 Å². The standard InChI is InChI=1S/C12H17NO/c1-3-12(4-2)13(14)10-11-8-6-5-7-9-11/h5-9H,3-4,10H2,1-2H3. The highest BCUT2D eigenvalue weighted by Gasteiger charge is 2.04. The summed E-state index contributed by atoms with van der Waals surface area (Å²) in [5, 5.41) is 11.7. The maximum absolute atomic E-state index is 11.7. The summed E-state index contributed by atoms with van der Waals surface area (Å²) in [4.78, 5) is 0. The molecule has 0 heterocycles. The van der Waals surface area contributed by atoms with Gasteiger partial charge in [-0.2, -0.15) is 0 Å². The molecule has 0 fully saturated rings. The van der Waals surface area contributed by atoms with Gasteiger partial charge in [0.2, 0.25) is 0 Å². The van der Waals surface area contributed by atoms with Gasteiger partial charge in [0.1, 0.15) is 0 Å². The first-order valence-corrected chi connectivity index (χ1v) is 5.11. The molecule has 1 aromatic carbocycles. The first-order chi connectivity index (χ1) is 6.77. The molecule has 0 aliphatic rings. The number of rotatable bonds is 4. The van der Waals surface area contributed by atoms with Gasteiger partial charge in [0.15, 0.2) is 12.3 Å². The lowest BCUT2D eigenvalue weighted by molar-refractivity contribution is -0.477. The third-order valence-corrected chi connectivity index (χ3v) is 2.34. The van der Waals surface area contributed by atoms with E-state index in [1.165, 1.54) is 0 Å². The van der Waals surface area contributed by atoms with E-state index in [9.17, 15) is 5.21 Å². The van der Waals surface area contributed by atoms with Crippen molar-refractivity contribution >= 4 is 5.71 Å². The summed E-state index contributed by atoms with van der Waals surface area (Å²) in [5.41, 5.74) is 2.04. The minimum absolute atomic E-state index is 0.470. The van der Waals surface area contributed by atoms with E-state index < -0.39 is 0 Å². The Hall–Kier alpha value is -1.31. The Kier molecular flexibility index (Phi) is 4.17. The molecule has 0 radical (unpaired) electrons. The Labute approximate surface area is 85.5 Å². The molecular weight excluding hydrogens is 174 g/mol. The van der Waals surface area contributed by atoms with Gasteiger partial charge in [-0.05, 0) is 0 Å². The quantitative estimate of drug-likeness (QED) is 0.311. The Morgan fingerprint density at radius 2 is 1.71 bits per heavy atom. The van der Waals surface area contributed by atoms with Crippen molar-refractivity contribution in [1.29, 1.82) is 0 Å². The van der Waals surface area contributed by atoms with Crippen LogP contribution < -0.4 is 0 Å². The van der Waals surface area contributed by atoms with Crippen LogP contribution in [0.15, 0.2) is 30.3 Å². The van der Waals surface area contributed by atoms with Gasteiger partial charge in [-0.15, -0.1) is 0 Å². The Morgan fingerprint density at radius 1 is 1.14 bits per heavy atom. The maximum Gasteiger partial charge on any atom is 0.178 e. The van der Waals surface area contributed by atoms with Crippen LogP contribution in [0.3, 0.4) is 0 Å². The molecule has 1 aromatic rings. The molecule has 0 atom stereocenters. The topological polar surface area (TPSA) is 26.1 Å². The second kappa shape index (κ2) is 5.43. The van der Waals surface area contributed by atoms with Crippen LogP contribution >= 0.6 is 0 Å². The van der Waals surface area contributed by atoms with E-state index in [-0.39, 0.29) is 0 Å². The molecule has 0 aliphatic heterocycles. The van der Waals surface area contributed by atoms with Crippen LogP contribution in [0.4, 0.5) is 0 Å². The molecule has 0 aromatic heterocycles. The van der Waals surface area contributed by atoms with Gasteiger partial charge in [-0.3, -0.25) is 0 Å². The van der Waals surface area contributed by atoms with E-state index in [1.807, 2.05) is 44.2 Å². The lowest BCUT2D eigenvalue weighted by Gasteiger charge is -2.08. The molecule has 0 N–H and O–H groups in total. The molecule has 0 saturated heterocycles. The summed E-state index contributed by atoms with van der Waals surface area (Å²) in [6.07, 6.45) is 1.68. The third-order valence-electron chi connectivity index (χ3n) is 2.34. The summed E-state index contributed by atoms with van der Waals surface area (Å²) in [6, 6.07) is 9.84. The second-order valence-corrected chi connectivity index (χ2v) is 3.30. The summed E-state index contributed by atoms with van der Waals surface area (Å²) in [6.45, 7) is 4.52. The number of benzene rings is 1. The number of hydrogen-bond acceptors (Lipinski definition) is 1. The zero-order valence-corrected chi connectivity index (χ0v) is 8.86. The molecule has 2 nitrogen and oxygen atoms in total. The van der Waals surface area contributed by atoms with Crippen molar-refractivity contribution < 1.29 is 4.74 Å². The maximum atomic E-state index is 11.7. The van der Waals surface area contributed by atoms with E-state index in [0.29, 0.717) is 6.54 Å². The van der Waals surface area contributed by atoms with Crippen molar-refractivity contribution in [2.24, 2.45) is 0 Å². The van der Waals surface area contributed by atoms with E-state index >= 15 is 0 Å². The van der Waals surface area contributed by atoms with E-state index in [0.717, 1.165) is 28.9 Å². The van der Waals surface area contributed by atoms with Crippen LogP contribution in [0.1, 0.15) is 32.3 Å². The Morgan fingerprint density at radius 3 is 2.21 bits per heavy atom. The molecule has 0 aliphatic carbocycles. The van der Waals surface area contributed by atoms with Crippen LogP contribution in [0.5, 0.6) is 0 Å². The molecule has 76 valence electrons. The number of hydroxylamine groups is 1. The number of nitrogens with zero attached hydrogens (tertiary/aromatic N) is 1. The molecule has 0 spiro atoms. The average molecular weight is 191 g/mol. The largest absolute Gasteiger partial charge is 0.624 e. The zero-order chi connectivity index (χ0) is 10.4. The summed E-state index contributed by atoms with van der Waals surface area (Å²) < 4.78 is 1.11. The fourth-order valence-corrected chi connectivity index (χ4v) is 1.46. The fourth-order valence-electron chi connectivity index (χ4n) is 1.46. The zero-order valence-electron chi connectivity index (χ0n) is 8.86. The summed E-state index contributed by atoms with van der Waals surface area (Å²) in [5.74, 6) is 0. The van der Waals surface area contributed by atoms with Crippen molar-refractivity contribution in [3.05, 3.63) is 41.1 Å². The Bertz CT molecular complexity index is 297. The van der Waals surface area contributed by atoms with Gasteiger partial charge < -0.3 is 5.21 Å². The Balaban J connectivity index is 2.74. The molecule has 0 saturated carbocycles. The molecule has 2 heteroatoms. The third kappa shape index (κ3) is 2.87. The highest BCUT2D eigenvalue weighted by Crippen LogP contribution is 2.02. The van der Waals surface area contributed by atoms with Gasteiger partial charge in [0.25, 0.3) is 0 Å². The molecular formula is C12H17NO. The van der Waals surface area contributed by atoms with E-state index in [1.54, 1.807) is 0 Å². The van der Waals surface area contributed by atoms with Crippen LogP contribution in [-0.2, 0) is 6.54 Å². The van der Waals surface area contributed by atoms with Gasteiger partial charge in [0, 0.05) is 18.4 Å². The van der Waals surface area contributed by atoms with Crippen molar-refractivity contribution in [2.45, 2.75) is 33.2 Å². The van der Waals surface area contributed by atoms with Crippen molar-refractivity contribution in [1.82, 2.24) is 0 Å². The molecule has 1 rings (SSSR count). The van der Waals surface area contributed by atoms with Crippen LogP contribution in [0.2, 0.25) is 0 Å². The van der Waals surface area contributed by atoms with Crippen molar-refractivity contribution in [3.63, 3.8) is 0 Å². The first kappa shape index (κ1) is 10.8. The lowest BCUT2D eigenvalue weighted by atomic mass is 10.2. The van der Waals surface area contributed by atoms with Gasteiger partial charge in [0.05, 0.1) is 0 Å². The van der Waals surface area contributed by atoms with Gasteiger partial charge in [-0.25, -0.2) is 4.74 Å². The summed E-state index contributed by atoms with van der Waals surface area (Å²) >= 11 is 0. The minimum atomic E-state index is 0.470. The monoisotopic (exact) mass is 191 g/mol. The molecule has 0 amide bonds. The fraction of sp³-hybridized carbons (Fsp3) is 0.417.